The van der Waals surface area contributed by atoms with Crippen molar-refractivity contribution in [2.45, 2.75) is 0 Å². The minimum absolute atomic E-state index is 0.00401. The second kappa shape index (κ2) is 9.55. The highest BCUT2D eigenvalue weighted by Crippen LogP contribution is 2.29. The molecule has 0 aliphatic carbocycles. The average Bonchev–Trinajstić information content (AvgIpc) is 2.56. The van der Waals surface area contributed by atoms with E-state index in [1.807, 2.05) is 42.5 Å². The normalized spacial score (nSPS) is 10.6. The lowest BCUT2D eigenvalue weighted by Crippen LogP contribution is -2.10. The number of carbonyl (C=O) groups is 1. The summed E-state index contributed by atoms with van der Waals surface area (Å²) < 4.78 is 17.6. The quantitative estimate of drug-likeness (QED) is 0.220. The molecule has 6 heteroatoms. The Morgan fingerprint density at radius 2 is 1.65 bits per heavy atom. The minimum Gasteiger partial charge on any atom is -0.465 e. The monoisotopic (exact) mass is 538 g/mol. The molecule has 0 atom stereocenters. The third kappa shape index (κ3) is 5.40. The average molecular weight is 538 g/mol. The Kier molecular flexibility index (Phi) is 7.74. The largest absolute Gasteiger partial charge is 0.465 e. The lowest BCUT2D eigenvalue weighted by Gasteiger charge is -2.12. The van der Waals surface area contributed by atoms with Crippen LogP contribution in [0.2, 0.25) is 0 Å². The maximum absolute atomic E-state index is 12.5. The van der Waals surface area contributed by atoms with Crippen LogP contribution in [0.5, 0.6) is 5.75 Å². The van der Waals surface area contributed by atoms with Gasteiger partial charge in [0, 0.05) is 18.2 Å². The van der Waals surface area contributed by atoms with Gasteiger partial charge in [0.2, 0.25) is 0 Å². The van der Waals surface area contributed by atoms with Gasteiger partial charge in [-0.1, -0.05) is 30.3 Å². The topological polar surface area (TPSA) is 44.8 Å². The number of hydrogen-bond acceptors (Lipinski definition) is 4. The maximum Gasteiger partial charge on any atom is 0.193 e. The fourth-order valence-electron chi connectivity index (χ4n) is 1.89. The van der Waals surface area contributed by atoms with Gasteiger partial charge in [0.05, 0.1) is 20.4 Å². The molecule has 4 nitrogen and oxygen atoms in total. The number of benzene rings is 2. The van der Waals surface area contributed by atoms with Crippen LogP contribution in [0.3, 0.4) is 0 Å². The van der Waals surface area contributed by atoms with Crippen LogP contribution in [0.1, 0.15) is 15.9 Å². The molecule has 122 valence electrons. The van der Waals surface area contributed by atoms with Crippen molar-refractivity contribution < 1.29 is 19.0 Å². The first-order valence-electron chi connectivity index (χ1n) is 6.91. The number of ether oxygens (including phenoxy) is 3. The summed E-state index contributed by atoms with van der Waals surface area (Å²) >= 11 is 4.34. The van der Waals surface area contributed by atoms with Crippen LogP contribution in [0.15, 0.2) is 42.5 Å². The summed E-state index contributed by atoms with van der Waals surface area (Å²) in [5.41, 5.74) is 1.33. The highest BCUT2D eigenvalue weighted by atomic mass is 127. The molecule has 0 fully saturated rings. The van der Waals surface area contributed by atoms with Crippen LogP contribution < -0.4 is 4.74 Å². The Bertz CT molecular complexity index is 636. The van der Waals surface area contributed by atoms with Crippen molar-refractivity contribution >= 4 is 51.0 Å². The summed E-state index contributed by atoms with van der Waals surface area (Å²) in [5, 5.41) is 0. The molecule has 0 heterocycles. The molecule has 0 aliphatic heterocycles. The van der Waals surface area contributed by atoms with Crippen molar-refractivity contribution in [3.8, 4) is 5.75 Å². The number of hydrogen-bond donors (Lipinski definition) is 0. The van der Waals surface area contributed by atoms with E-state index in [0.717, 1.165) is 12.9 Å². The van der Waals surface area contributed by atoms with Gasteiger partial charge < -0.3 is 14.2 Å². The molecule has 2 rings (SSSR count). The van der Waals surface area contributed by atoms with Crippen LogP contribution in [-0.2, 0) is 9.47 Å². The third-order valence-corrected chi connectivity index (χ3v) is 4.62. The highest BCUT2D eigenvalue weighted by Gasteiger charge is 2.14. The molecule has 0 aromatic heterocycles. The van der Waals surface area contributed by atoms with Gasteiger partial charge in [0.25, 0.3) is 0 Å². The van der Waals surface area contributed by atoms with Crippen LogP contribution in [0.25, 0.3) is 0 Å². The van der Waals surface area contributed by atoms with E-state index in [2.05, 4.69) is 45.2 Å². The van der Waals surface area contributed by atoms with E-state index >= 15 is 0 Å². The summed E-state index contributed by atoms with van der Waals surface area (Å²) in [5.74, 6) is 0.734. The molecule has 2 aromatic carbocycles. The first-order valence-corrected chi connectivity index (χ1v) is 9.07. The second-order valence-electron chi connectivity index (χ2n) is 4.63. The van der Waals surface area contributed by atoms with Crippen molar-refractivity contribution in [1.29, 1.82) is 0 Å². The zero-order valence-corrected chi connectivity index (χ0v) is 16.9. The minimum atomic E-state index is 0.00401. The van der Waals surface area contributed by atoms with E-state index in [4.69, 9.17) is 14.2 Å². The Balaban J connectivity index is 2.09. The zero-order valence-electron chi connectivity index (χ0n) is 12.6. The van der Waals surface area contributed by atoms with Crippen molar-refractivity contribution in [3.63, 3.8) is 0 Å². The summed E-state index contributed by atoms with van der Waals surface area (Å²) in [4.78, 5) is 12.5. The summed E-state index contributed by atoms with van der Waals surface area (Å²) in [6.07, 6.45) is 0. The lowest BCUT2D eigenvalue weighted by atomic mass is 10.0. The van der Waals surface area contributed by atoms with Gasteiger partial charge in [-0.3, -0.25) is 4.79 Å². The van der Waals surface area contributed by atoms with Gasteiger partial charge >= 0.3 is 0 Å². The second-order valence-corrected chi connectivity index (χ2v) is 6.95. The molecule has 0 radical (unpaired) electrons. The zero-order chi connectivity index (χ0) is 16.7. The molecule has 0 spiro atoms. The van der Waals surface area contributed by atoms with E-state index in [0.29, 0.717) is 24.3 Å². The molecular weight excluding hydrogens is 522 g/mol. The van der Waals surface area contributed by atoms with Gasteiger partial charge in [0.1, 0.15) is 5.75 Å². The molecular formula is C17H16I2O4. The molecule has 0 N–H and O–H groups in total. The summed E-state index contributed by atoms with van der Waals surface area (Å²) in [7, 11) is 1.62. The van der Waals surface area contributed by atoms with E-state index < -0.39 is 0 Å². The summed E-state index contributed by atoms with van der Waals surface area (Å²) in [6, 6.07) is 12.9. The molecule has 0 saturated carbocycles. The number of carbonyl (C=O) groups excluding carboxylic acids is 1. The number of halogens is 2. The van der Waals surface area contributed by atoms with E-state index in [1.54, 1.807) is 7.11 Å². The van der Waals surface area contributed by atoms with Gasteiger partial charge in [-0.15, -0.1) is 0 Å². The molecule has 2 aromatic rings. The van der Waals surface area contributed by atoms with Crippen LogP contribution in [0, 0.1) is 7.14 Å². The number of rotatable bonds is 8. The smallest absolute Gasteiger partial charge is 0.193 e. The molecule has 0 aliphatic rings. The van der Waals surface area contributed by atoms with Gasteiger partial charge in [0.15, 0.2) is 12.6 Å². The Labute approximate surface area is 162 Å². The van der Waals surface area contributed by atoms with Gasteiger partial charge in [-0.25, -0.2) is 0 Å². The van der Waals surface area contributed by atoms with Crippen LogP contribution in [0.4, 0.5) is 0 Å². The van der Waals surface area contributed by atoms with Crippen molar-refractivity contribution in [2.24, 2.45) is 0 Å². The standard InChI is InChI=1S/C17H16I2O4/c1-21-7-8-22-11-23-17-14(18)9-13(10-15(17)19)16(20)12-5-3-2-4-6-12/h2-6,9-10H,7-8,11H2,1H3. The van der Waals surface area contributed by atoms with Crippen molar-refractivity contribution in [3.05, 3.63) is 60.7 Å². The van der Waals surface area contributed by atoms with Crippen molar-refractivity contribution in [2.75, 3.05) is 27.1 Å². The maximum atomic E-state index is 12.5. The predicted octanol–water partition coefficient (Wildman–Crippen LogP) is 4.13. The molecule has 0 unspecified atom stereocenters. The lowest BCUT2D eigenvalue weighted by molar-refractivity contribution is -0.00922. The molecule has 0 amide bonds. The number of ketones is 1. The van der Waals surface area contributed by atoms with E-state index in [1.165, 1.54) is 0 Å². The van der Waals surface area contributed by atoms with Gasteiger partial charge in [-0.2, -0.15) is 0 Å². The Hall–Kier alpha value is -0.710. The predicted molar refractivity (Wildman–Crippen MR) is 105 cm³/mol. The Morgan fingerprint density at radius 1 is 1.00 bits per heavy atom. The first kappa shape index (κ1) is 18.6. The molecule has 0 bridgehead atoms. The molecule has 0 saturated heterocycles. The Morgan fingerprint density at radius 3 is 2.26 bits per heavy atom. The fraction of sp³-hybridized carbons (Fsp3) is 0.235. The fourth-order valence-corrected chi connectivity index (χ4v) is 3.97. The SMILES string of the molecule is COCCOCOc1c(I)cc(C(=O)c2ccccc2)cc1I. The van der Waals surface area contributed by atoms with E-state index in [9.17, 15) is 4.79 Å². The first-order chi connectivity index (χ1) is 11.1. The third-order valence-electron chi connectivity index (χ3n) is 3.01. The van der Waals surface area contributed by atoms with Crippen molar-refractivity contribution in [1.82, 2.24) is 0 Å². The van der Waals surface area contributed by atoms with E-state index in [-0.39, 0.29) is 12.6 Å². The van der Waals surface area contributed by atoms with Crippen LogP contribution >= 0.6 is 45.2 Å². The number of methoxy groups -OCH3 is 1. The van der Waals surface area contributed by atoms with Crippen LogP contribution in [-0.4, -0.2) is 32.9 Å². The van der Waals surface area contributed by atoms with Gasteiger partial charge in [-0.05, 0) is 57.3 Å². The molecule has 23 heavy (non-hydrogen) atoms. The summed E-state index contributed by atoms with van der Waals surface area (Å²) in [6.45, 7) is 1.16. The highest BCUT2D eigenvalue weighted by molar-refractivity contribution is 14.1.